The Kier molecular flexibility index (Phi) is 7.23. The molecule has 26 heavy (non-hydrogen) atoms. The fraction of sp³-hybridized carbons (Fsp3) is 0.688. The summed E-state index contributed by atoms with van der Waals surface area (Å²) >= 11 is 0. The number of aromatic nitrogens is 4. The van der Waals surface area contributed by atoms with E-state index in [1.807, 2.05) is 0 Å². The molecular weight excluding hydrogens is 340 g/mol. The van der Waals surface area contributed by atoms with Crippen molar-refractivity contribution in [2.75, 3.05) is 32.0 Å². The Labute approximate surface area is 152 Å². The van der Waals surface area contributed by atoms with Crippen LogP contribution in [0.5, 0.6) is 0 Å². The SMILES string of the molecule is CCN(CC)CC.Nc1ncnc2c1ncn2[C@@H]1O[C@H](CO)[C@@H](O)[C@H]1O. The van der Waals surface area contributed by atoms with Crippen LogP contribution in [0.2, 0.25) is 0 Å². The van der Waals surface area contributed by atoms with E-state index in [9.17, 15) is 10.2 Å². The predicted molar refractivity (Wildman–Crippen MR) is 96.2 cm³/mol. The third-order valence-corrected chi connectivity index (χ3v) is 4.52. The minimum Gasteiger partial charge on any atom is -0.394 e. The lowest BCUT2D eigenvalue weighted by molar-refractivity contribution is -0.0511. The molecule has 1 aliphatic heterocycles. The average molecular weight is 368 g/mol. The monoisotopic (exact) mass is 368 g/mol. The van der Waals surface area contributed by atoms with Crippen molar-refractivity contribution < 1.29 is 20.1 Å². The van der Waals surface area contributed by atoms with Crippen LogP contribution in [0.15, 0.2) is 12.7 Å². The molecule has 3 rings (SSSR count). The van der Waals surface area contributed by atoms with Crippen LogP contribution in [0, 0.1) is 0 Å². The van der Waals surface area contributed by atoms with Crippen molar-refractivity contribution in [1.29, 1.82) is 0 Å². The van der Waals surface area contributed by atoms with Gasteiger partial charge >= 0.3 is 0 Å². The molecule has 0 aromatic carbocycles. The molecule has 0 bridgehead atoms. The summed E-state index contributed by atoms with van der Waals surface area (Å²) in [5, 5.41) is 28.7. The second-order valence-electron chi connectivity index (χ2n) is 5.93. The van der Waals surface area contributed by atoms with E-state index in [0.717, 1.165) is 0 Å². The Bertz CT molecular complexity index is 687. The normalized spacial score (nSPS) is 25.5. The minimum absolute atomic E-state index is 0.218. The maximum atomic E-state index is 9.95. The van der Waals surface area contributed by atoms with Crippen LogP contribution in [-0.2, 0) is 4.74 Å². The summed E-state index contributed by atoms with van der Waals surface area (Å²) in [5.41, 5.74) is 6.44. The molecule has 10 heteroatoms. The van der Waals surface area contributed by atoms with Gasteiger partial charge in [-0.15, -0.1) is 0 Å². The molecule has 2 aromatic rings. The van der Waals surface area contributed by atoms with Crippen LogP contribution in [0.25, 0.3) is 11.2 Å². The zero-order valence-corrected chi connectivity index (χ0v) is 15.4. The van der Waals surface area contributed by atoms with Crippen LogP contribution < -0.4 is 5.73 Å². The van der Waals surface area contributed by atoms with E-state index in [4.69, 9.17) is 15.6 Å². The zero-order valence-electron chi connectivity index (χ0n) is 15.4. The molecule has 0 aliphatic carbocycles. The second-order valence-corrected chi connectivity index (χ2v) is 5.93. The first kappa shape index (κ1) is 20.5. The van der Waals surface area contributed by atoms with E-state index >= 15 is 0 Å². The van der Waals surface area contributed by atoms with E-state index in [2.05, 4.69) is 40.6 Å². The quantitative estimate of drug-likeness (QED) is 0.542. The van der Waals surface area contributed by atoms with Gasteiger partial charge in [-0.05, 0) is 19.6 Å². The van der Waals surface area contributed by atoms with E-state index in [-0.39, 0.29) is 5.82 Å². The van der Waals surface area contributed by atoms with Gasteiger partial charge in [0.15, 0.2) is 17.7 Å². The number of hydrogen-bond donors (Lipinski definition) is 4. The first-order valence-corrected chi connectivity index (χ1v) is 8.76. The fourth-order valence-corrected chi connectivity index (χ4v) is 2.84. The van der Waals surface area contributed by atoms with Gasteiger partial charge in [0.1, 0.15) is 30.2 Å². The number of aliphatic hydroxyl groups is 3. The zero-order chi connectivity index (χ0) is 19.3. The Hall–Kier alpha value is -1.85. The van der Waals surface area contributed by atoms with Crippen molar-refractivity contribution in [1.82, 2.24) is 24.4 Å². The Morgan fingerprint density at radius 3 is 2.27 bits per heavy atom. The number of nitrogen functional groups attached to an aromatic ring is 1. The van der Waals surface area contributed by atoms with Crippen LogP contribution in [0.3, 0.4) is 0 Å². The predicted octanol–water partition coefficient (Wildman–Crippen LogP) is -0.632. The van der Waals surface area contributed by atoms with Gasteiger partial charge in [0.2, 0.25) is 0 Å². The molecule has 0 radical (unpaired) electrons. The van der Waals surface area contributed by atoms with Crippen molar-refractivity contribution in [2.24, 2.45) is 0 Å². The van der Waals surface area contributed by atoms with Crippen molar-refractivity contribution >= 4 is 17.0 Å². The molecule has 0 amide bonds. The number of ether oxygens (including phenoxy) is 1. The number of aliphatic hydroxyl groups excluding tert-OH is 3. The van der Waals surface area contributed by atoms with E-state index in [1.165, 1.54) is 36.9 Å². The van der Waals surface area contributed by atoms with Gasteiger partial charge in [0.05, 0.1) is 12.9 Å². The van der Waals surface area contributed by atoms with Crippen LogP contribution >= 0.6 is 0 Å². The van der Waals surface area contributed by atoms with Gasteiger partial charge in [-0.1, -0.05) is 20.8 Å². The number of hydrogen-bond acceptors (Lipinski definition) is 9. The van der Waals surface area contributed by atoms with Crippen molar-refractivity contribution in [2.45, 2.75) is 45.3 Å². The van der Waals surface area contributed by atoms with Crippen molar-refractivity contribution in [3.8, 4) is 0 Å². The summed E-state index contributed by atoms with van der Waals surface area (Å²) in [4.78, 5) is 14.3. The number of fused-ring (bicyclic) bond motifs is 1. The highest BCUT2D eigenvalue weighted by molar-refractivity contribution is 5.81. The molecule has 1 fully saturated rings. The van der Waals surface area contributed by atoms with Gasteiger partial charge < -0.3 is 30.7 Å². The molecule has 3 heterocycles. The van der Waals surface area contributed by atoms with E-state index in [1.54, 1.807) is 0 Å². The second kappa shape index (κ2) is 9.19. The highest BCUT2D eigenvalue weighted by atomic mass is 16.6. The fourth-order valence-electron chi connectivity index (χ4n) is 2.84. The molecule has 1 saturated heterocycles. The van der Waals surface area contributed by atoms with Crippen LogP contribution in [-0.4, -0.2) is 84.3 Å². The highest BCUT2D eigenvalue weighted by Gasteiger charge is 2.43. The lowest BCUT2D eigenvalue weighted by atomic mass is 10.1. The molecule has 0 unspecified atom stereocenters. The Balaban J connectivity index is 0.000000298. The molecule has 5 N–H and O–H groups in total. The minimum atomic E-state index is -1.19. The van der Waals surface area contributed by atoms with Gasteiger partial charge in [-0.2, -0.15) is 0 Å². The average Bonchev–Trinajstić information content (AvgIpc) is 3.20. The van der Waals surface area contributed by atoms with Crippen molar-refractivity contribution in [3.63, 3.8) is 0 Å². The maximum absolute atomic E-state index is 9.95. The summed E-state index contributed by atoms with van der Waals surface area (Å²) in [7, 11) is 0. The first-order chi connectivity index (χ1) is 12.5. The summed E-state index contributed by atoms with van der Waals surface area (Å²) in [5.74, 6) is 0.218. The Morgan fingerprint density at radius 1 is 1.12 bits per heavy atom. The topological polar surface area (TPSA) is 143 Å². The summed E-state index contributed by atoms with van der Waals surface area (Å²) in [6, 6.07) is 0. The van der Waals surface area contributed by atoms with Crippen LogP contribution in [0.1, 0.15) is 27.0 Å². The number of nitrogens with two attached hydrogens (primary N) is 1. The van der Waals surface area contributed by atoms with Crippen molar-refractivity contribution in [3.05, 3.63) is 12.7 Å². The lowest BCUT2D eigenvalue weighted by Crippen LogP contribution is -2.33. The first-order valence-electron chi connectivity index (χ1n) is 8.76. The molecule has 1 aliphatic rings. The summed E-state index contributed by atoms with van der Waals surface area (Å²) in [6.45, 7) is 9.73. The molecule has 146 valence electrons. The van der Waals surface area contributed by atoms with Gasteiger partial charge in [0, 0.05) is 0 Å². The van der Waals surface area contributed by atoms with E-state index in [0.29, 0.717) is 11.2 Å². The van der Waals surface area contributed by atoms with E-state index < -0.39 is 31.1 Å². The molecule has 2 aromatic heterocycles. The largest absolute Gasteiger partial charge is 0.394 e. The summed E-state index contributed by atoms with van der Waals surface area (Å²) < 4.78 is 6.85. The molecule has 0 spiro atoms. The van der Waals surface area contributed by atoms with Gasteiger partial charge in [-0.25, -0.2) is 15.0 Å². The number of nitrogens with zero attached hydrogens (tertiary/aromatic N) is 5. The molecule has 10 nitrogen and oxygen atoms in total. The maximum Gasteiger partial charge on any atom is 0.167 e. The smallest absolute Gasteiger partial charge is 0.167 e. The number of rotatable bonds is 5. The van der Waals surface area contributed by atoms with Gasteiger partial charge in [0.25, 0.3) is 0 Å². The lowest BCUT2D eigenvalue weighted by Gasteiger charge is -2.16. The molecular formula is C16H28N6O4. The standard InChI is InChI=1S/C10H13N5O4.C6H15N/c11-8-5-9(13-2-12-8)15(3-14-5)10-7(18)6(17)4(1-16)19-10;1-4-7(5-2)6-3/h2-4,6-7,10,16-18H,1H2,(H2,11,12,13);4-6H2,1-3H3/t4-,6-,7-,10-;/m1./s1. The molecule has 4 atom stereocenters. The summed E-state index contributed by atoms with van der Waals surface area (Å²) in [6.07, 6.45) is -1.42. The third kappa shape index (κ3) is 4.10. The highest BCUT2D eigenvalue weighted by Crippen LogP contribution is 2.31. The number of anilines is 1. The Morgan fingerprint density at radius 2 is 1.77 bits per heavy atom. The molecule has 0 saturated carbocycles. The van der Waals surface area contributed by atoms with Gasteiger partial charge in [-0.3, -0.25) is 4.57 Å². The van der Waals surface area contributed by atoms with Crippen LogP contribution in [0.4, 0.5) is 5.82 Å². The number of imidazole rings is 1. The third-order valence-electron chi connectivity index (χ3n) is 4.52.